The molecule has 74 valence electrons. The summed E-state index contributed by atoms with van der Waals surface area (Å²) < 4.78 is 0. The summed E-state index contributed by atoms with van der Waals surface area (Å²) in [4.78, 5) is 10.5. The molecule has 4 heteroatoms. The second-order valence-electron chi connectivity index (χ2n) is 4.34. The van der Waals surface area contributed by atoms with Gasteiger partial charge in [0.15, 0.2) is 0 Å². The van der Waals surface area contributed by atoms with Crippen LogP contribution in [0.3, 0.4) is 0 Å². The first-order chi connectivity index (χ1) is 6.07. The molecule has 0 spiro atoms. The van der Waals surface area contributed by atoms with E-state index in [0.29, 0.717) is 24.9 Å². The topological polar surface area (TPSA) is 69.6 Å². The summed E-state index contributed by atoms with van der Waals surface area (Å²) in [6.07, 6.45) is 3.23. The molecule has 2 fully saturated rings. The molecule has 13 heavy (non-hydrogen) atoms. The van der Waals surface area contributed by atoms with Crippen molar-refractivity contribution in [1.29, 1.82) is 0 Å². The monoisotopic (exact) mass is 185 g/mol. The summed E-state index contributed by atoms with van der Waals surface area (Å²) in [6, 6.07) is 0.672. The molecule has 2 unspecified atom stereocenters. The highest BCUT2D eigenvalue weighted by molar-refractivity contribution is 5.68. The number of carboxylic acid groups (broad SMARTS) is 1. The van der Waals surface area contributed by atoms with Gasteiger partial charge in [-0.25, -0.2) is 0 Å². The first-order valence-corrected chi connectivity index (χ1v) is 4.78. The third-order valence-electron chi connectivity index (χ3n) is 3.07. The van der Waals surface area contributed by atoms with Crippen LogP contribution >= 0.6 is 0 Å². The van der Waals surface area contributed by atoms with Crippen molar-refractivity contribution in [3.05, 3.63) is 0 Å². The summed E-state index contributed by atoms with van der Waals surface area (Å²) in [6.45, 7) is 0. The molecular weight excluding hydrogens is 170 g/mol. The standard InChI is InChI=1S/C9H15NO3/c11-8(12)5-9(13)3-6-1-2-7(4-9)10-6/h6-7,10,13H,1-5H2,(H,11,12). The van der Waals surface area contributed by atoms with Crippen molar-refractivity contribution in [2.75, 3.05) is 0 Å². The lowest BCUT2D eigenvalue weighted by atomic mass is 9.85. The Morgan fingerprint density at radius 3 is 2.38 bits per heavy atom. The number of carboxylic acids is 1. The van der Waals surface area contributed by atoms with Gasteiger partial charge in [-0.3, -0.25) is 4.79 Å². The van der Waals surface area contributed by atoms with Crippen molar-refractivity contribution in [2.45, 2.75) is 49.8 Å². The number of hydrogen-bond acceptors (Lipinski definition) is 3. The van der Waals surface area contributed by atoms with Crippen LogP contribution in [0, 0.1) is 0 Å². The minimum Gasteiger partial charge on any atom is -0.481 e. The van der Waals surface area contributed by atoms with Crippen LogP contribution in [0.15, 0.2) is 0 Å². The van der Waals surface area contributed by atoms with E-state index >= 15 is 0 Å². The number of nitrogens with one attached hydrogen (secondary N) is 1. The number of rotatable bonds is 2. The highest BCUT2D eigenvalue weighted by Gasteiger charge is 2.43. The van der Waals surface area contributed by atoms with Crippen LogP contribution in [0.5, 0.6) is 0 Å². The Morgan fingerprint density at radius 1 is 1.38 bits per heavy atom. The molecule has 2 aliphatic rings. The van der Waals surface area contributed by atoms with Gasteiger partial charge < -0.3 is 15.5 Å². The second-order valence-corrected chi connectivity index (χ2v) is 4.34. The molecule has 2 aliphatic heterocycles. The third kappa shape index (κ3) is 1.84. The van der Waals surface area contributed by atoms with E-state index in [0.717, 1.165) is 12.8 Å². The van der Waals surface area contributed by atoms with Crippen molar-refractivity contribution in [1.82, 2.24) is 5.32 Å². The minimum absolute atomic E-state index is 0.109. The van der Waals surface area contributed by atoms with Gasteiger partial charge in [0, 0.05) is 12.1 Å². The van der Waals surface area contributed by atoms with Crippen molar-refractivity contribution in [2.24, 2.45) is 0 Å². The van der Waals surface area contributed by atoms with Gasteiger partial charge in [0.05, 0.1) is 12.0 Å². The van der Waals surface area contributed by atoms with Crippen LogP contribution in [-0.2, 0) is 4.79 Å². The molecular formula is C9H15NO3. The Morgan fingerprint density at radius 2 is 1.92 bits per heavy atom. The van der Waals surface area contributed by atoms with Gasteiger partial charge in [0.25, 0.3) is 0 Å². The second kappa shape index (κ2) is 2.96. The molecule has 4 nitrogen and oxygen atoms in total. The highest BCUT2D eigenvalue weighted by Crippen LogP contribution is 2.35. The van der Waals surface area contributed by atoms with Gasteiger partial charge in [-0.05, 0) is 25.7 Å². The van der Waals surface area contributed by atoms with Gasteiger partial charge in [-0.2, -0.15) is 0 Å². The van der Waals surface area contributed by atoms with Crippen LogP contribution in [0.2, 0.25) is 0 Å². The Kier molecular flexibility index (Phi) is 2.04. The molecule has 0 aromatic carbocycles. The summed E-state index contributed by atoms with van der Waals surface area (Å²) in [7, 11) is 0. The number of fused-ring (bicyclic) bond motifs is 2. The summed E-state index contributed by atoms with van der Waals surface area (Å²) in [5, 5.41) is 22.0. The van der Waals surface area contributed by atoms with Crippen LogP contribution in [0.4, 0.5) is 0 Å². The highest BCUT2D eigenvalue weighted by atomic mass is 16.4. The van der Waals surface area contributed by atoms with E-state index in [2.05, 4.69) is 5.32 Å². The SMILES string of the molecule is O=C(O)CC1(O)CC2CCC(C1)N2. The number of hydrogen-bond donors (Lipinski definition) is 3. The zero-order valence-corrected chi connectivity index (χ0v) is 7.49. The molecule has 0 aromatic heterocycles. The minimum atomic E-state index is -0.955. The van der Waals surface area contributed by atoms with Gasteiger partial charge in [0.2, 0.25) is 0 Å². The third-order valence-corrected chi connectivity index (χ3v) is 3.07. The molecule has 0 radical (unpaired) electrons. The molecule has 0 aromatic rings. The molecule has 2 atom stereocenters. The van der Waals surface area contributed by atoms with Crippen LogP contribution < -0.4 is 5.32 Å². The largest absolute Gasteiger partial charge is 0.481 e. The van der Waals surface area contributed by atoms with E-state index in [1.165, 1.54) is 0 Å². The van der Waals surface area contributed by atoms with E-state index in [1.54, 1.807) is 0 Å². The van der Waals surface area contributed by atoms with E-state index < -0.39 is 11.6 Å². The van der Waals surface area contributed by atoms with Crippen molar-refractivity contribution in [3.8, 4) is 0 Å². The lowest BCUT2D eigenvalue weighted by Crippen LogP contribution is -2.49. The molecule has 2 saturated heterocycles. The maximum absolute atomic E-state index is 10.5. The Bertz CT molecular complexity index is 217. The first kappa shape index (κ1) is 8.97. The van der Waals surface area contributed by atoms with Crippen molar-refractivity contribution in [3.63, 3.8) is 0 Å². The van der Waals surface area contributed by atoms with Gasteiger partial charge in [-0.15, -0.1) is 0 Å². The Balaban J connectivity index is 2.03. The van der Waals surface area contributed by atoms with E-state index in [4.69, 9.17) is 5.11 Å². The molecule has 3 N–H and O–H groups in total. The number of carbonyl (C=O) groups is 1. The van der Waals surface area contributed by atoms with Gasteiger partial charge in [0.1, 0.15) is 0 Å². The van der Waals surface area contributed by atoms with Gasteiger partial charge in [-0.1, -0.05) is 0 Å². The predicted molar refractivity (Wildman–Crippen MR) is 46.4 cm³/mol. The fourth-order valence-electron chi connectivity index (χ4n) is 2.65. The lowest BCUT2D eigenvalue weighted by Gasteiger charge is -2.35. The maximum atomic E-state index is 10.5. The first-order valence-electron chi connectivity index (χ1n) is 4.78. The van der Waals surface area contributed by atoms with Crippen LogP contribution in [-0.4, -0.2) is 33.9 Å². The fourth-order valence-corrected chi connectivity index (χ4v) is 2.65. The number of aliphatic carboxylic acids is 1. The van der Waals surface area contributed by atoms with E-state index in [1.807, 2.05) is 0 Å². The zero-order valence-electron chi connectivity index (χ0n) is 7.49. The maximum Gasteiger partial charge on any atom is 0.306 e. The zero-order chi connectivity index (χ0) is 9.47. The van der Waals surface area contributed by atoms with Gasteiger partial charge >= 0.3 is 5.97 Å². The van der Waals surface area contributed by atoms with E-state index in [-0.39, 0.29) is 6.42 Å². The fraction of sp³-hybridized carbons (Fsp3) is 0.889. The Hall–Kier alpha value is -0.610. The molecule has 2 bridgehead atoms. The predicted octanol–water partition coefficient (Wildman–Crippen LogP) is 0.107. The summed E-state index contributed by atoms with van der Waals surface area (Å²) in [5.74, 6) is -0.899. The smallest absolute Gasteiger partial charge is 0.306 e. The Labute approximate surface area is 76.9 Å². The molecule has 2 heterocycles. The number of piperidine rings is 1. The van der Waals surface area contributed by atoms with Crippen molar-refractivity contribution < 1.29 is 15.0 Å². The van der Waals surface area contributed by atoms with E-state index in [9.17, 15) is 9.90 Å². The average Bonchev–Trinajstić information content (AvgIpc) is 2.27. The summed E-state index contributed by atoms with van der Waals surface area (Å²) in [5.41, 5.74) is -0.955. The van der Waals surface area contributed by atoms with Crippen LogP contribution in [0.1, 0.15) is 32.1 Å². The average molecular weight is 185 g/mol. The molecule has 0 amide bonds. The number of aliphatic hydroxyl groups is 1. The van der Waals surface area contributed by atoms with Crippen LogP contribution in [0.25, 0.3) is 0 Å². The molecule has 0 aliphatic carbocycles. The quantitative estimate of drug-likeness (QED) is 0.571. The normalized spacial score (nSPS) is 43.5. The van der Waals surface area contributed by atoms with Crippen molar-refractivity contribution >= 4 is 5.97 Å². The lowest BCUT2D eigenvalue weighted by molar-refractivity contribution is -0.144. The summed E-state index contributed by atoms with van der Waals surface area (Å²) >= 11 is 0. The molecule has 2 rings (SSSR count). The molecule has 0 saturated carbocycles.